The third-order valence-electron chi connectivity index (χ3n) is 5.70. The van der Waals surface area contributed by atoms with Crippen LogP contribution >= 0.6 is 0 Å². The number of hydrogen-bond donors (Lipinski definition) is 1. The summed E-state index contributed by atoms with van der Waals surface area (Å²) in [5.41, 5.74) is 0. The van der Waals surface area contributed by atoms with Crippen LogP contribution in [0.1, 0.15) is 58.8 Å². The van der Waals surface area contributed by atoms with Crippen molar-refractivity contribution in [3.63, 3.8) is 0 Å². The van der Waals surface area contributed by atoms with E-state index in [0.717, 1.165) is 30.0 Å². The Labute approximate surface area is 113 Å². The lowest BCUT2D eigenvalue weighted by Crippen LogP contribution is -2.60. The number of hydrogen-bond acceptors (Lipinski definition) is 2. The van der Waals surface area contributed by atoms with E-state index in [1.165, 1.54) is 58.0 Å². The monoisotopic (exact) mass is 250 g/mol. The molecule has 18 heavy (non-hydrogen) atoms. The minimum Gasteiger partial charge on any atom is -0.311 e. The molecule has 0 spiro atoms. The maximum Gasteiger partial charge on any atom is 0.0224 e. The average molecular weight is 250 g/mol. The van der Waals surface area contributed by atoms with Crippen LogP contribution in [0.15, 0.2) is 0 Å². The topological polar surface area (TPSA) is 15.3 Å². The van der Waals surface area contributed by atoms with E-state index >= 15 is 0 Å². The zero-order chi connectivity index (χ0) is 12.5. The van der Waals surface area contributed by atoms with E-state index in [4.69, 9.17) is 0 Å². The van der Waals surface area contributed by atoms with Crippen molar-refractivity contribution in [3.8, 4) is 0 Å². The normalized spacial score (nSPS) is 37.7. The van der Waals surface area contributed by atoms with Crippen LogP contribution in [0, 0.1) is 11.8 Å². The quantitative estimate of drug-likeness (QED) is 0.828. The van der Waals surface area contributed by atoms with Crippen molar-refractivity contribution in [1.29, 1.82) is 0 Å². The first-order valence-electron chi connectivity index (χ1n) is 8.25. The molecule has 1 aliphatic heterocycles. The Morgan fingerprint density at radius 3 is 2.44 bits per heavy atom. The molecule has 3 atom stereocenters. The highest BCUT2D eigenvalue weighted by Crippen LogP contribution is 2.37. The fourth-order valence-corrected chi connectivity index (χ4v) is 4.18. The molecule has 3 rings (SSSR count). The molecular formula is C16H30N2. The first-order chi connectivity index (χ1) is 8.75. The third kappa shape index (κ3) is 2.75. The van der Waals surface area contributed by atoms with Crippen molar-refractivity contribution >= 4 is 0 Å². The lowest BCUT2D eigenvalue weighted by molar-refractivity contribution is 0.0638. The fraction of sp³-hybridized carbons (Fsp3) is 1.00. The van der Waals surface area contributed by atoms with Gasteiger partial charge in [-0.15, -0.1) is 0 Å². The molecular weight excluding hydrogens is 220 g/mol. The van der Waals surface area contributed by atoms with Crippen LogP contribution < -0.4 is 5.32 Å². The highest BCUT2D eigenvalue weighted by atomic mass is 15.3. The molecule has 3 aliphatic rings. The molecule has 2 nitrogen and oxygen atoms in total. The van der Waals surface area contributed by atoms with Gasteiger partial charge in [0.2, 0.25) is 0 Å². The second kappa shape index (κ2) is 5.50. The average Bonchev–Trinajstić information content (AvgIpc) is 3.24. The molecule has 104 valence electrons. The van der Waals surface area contributed by atoms with Crippen molar-refractivity contribution < 1.29 is 0 Å². The zero-order valence-corrected chi connectivity index (χ0v) is 12.2. The summed E-state index contributed by atoms with van der Waals surface area (Å²) in [4.78, 5) is 2.81. The molecule has 1 saturated heterocycles. The maximum atomic E-state index is 3.84. The smallest absolute Gasteiger partial charge is 0.0224 e. The van der Waals surface area contributed by atoms with E-state index in [-0.39, 0.29) is 0 Å². The summed E-state index contributed by atoms with van der Waals surface area (Å²) >= 11 is 0. The molecule has 2 saturated carbocycles. The summed E-state index contributed by atoms with van der Waals surface area (Å²) in [5, 5.41) is 3.84. The highest BCUT2D eigenvalue weighted by molar-refractivity contribution is 4.94. The molecule has 0 amide bonds. The van der Waals surface area contributed by atoms with E-state index in [1.807, 2.05) is 0 Å². The van der Waals surface area contributed by atoms with E-state index in [9.17, 15) is 0 Å². The van der Waals surface area contributed by atoms with Crippen molar-refractivity contribution in [2.45, 2.75) is 76.9 Å². The van der Waals surface area contributed by atoms with Crippen LogP contribution in [-0.2, 0) is 0 Å². The Bertz CT molecular complexity index is 268. The maximum absolute atomic E-state index is 3.84. The van der Waals surface area contributed by atoms with Crippen LogP contribution in [-0.4, -0.2) is 36.1 Å². The van der Waals surface area contributed by atoms with Gasteiger partial charge in [-0.25, -0.2) is 0 Å². The molecule has 3 unspecified atom stereocenters. The Hall–Kier alpha value is -0.0800. The Kier molecular flexibility index (Phi) is 3.95. The summed E-state index contributed by atoms with van der Waals surface area (Å²) < 4.78 is 0. The van der Waals surface area contributed by atoms with Gasteiger partial charge < -0.3 is 5.32 Å². The molecule has 0 aromatic carbocycles. The van der Waals surface area contributed by atoms with Gasteiger partial charge in [0.05, 0.1) is 0 Å². The van der Waals surface area contributed by atoms with E-state index in [2.05, 4.69) is 24.1 Å². The van der Waals surface area contributed by atoms with Crippen LogP contribution in [0.25, 0.3) is 0 Å². The molecule has 1 heterocycles. The van der Waals surface area contributed by atoms with Gasteiger partial charge in [0.15, 0.2) is 0 Å². The summed E-state index contributed by atoms with van der Waals surface area (Å²) in [6.45, 7) is 7.39. The van der Waals surface area contributed by atoms with Crippen molar-refractivity contribution in [3.05, 3.63) is 0 Å². The van der Waals surface area contributed by atoms with Crippen LogP contribution in [0.5, 0.6) is 0 Å². The Morgan fingerprint density at radius 2 is 1.78 bits per heavy atom. The SMILES string of the molecule is CC1CNC(C2CCCCC2)CN1C(C)C1CC1. The lowest BCUT2D eigenvalue weighted by atomic mass is 9.82. The van der Waals surface area contributed by atoms with Gasteiger partial charge in [-0.3, -0.25) is 4.90 Å². The van der Waals surface area contributed by atoms with E-state index < -0.39 is 0 Å². The highest BCUT2D eigenvalue weighted by Gasteiger charge is 2.38. The second-order valence-corrected chi connectivity index (χ2v) is 7.04. The number of rotatable bonds is 3. The molecule has 0 aromatic rings. The van der Waals surface area contributed by atoms with Gasteiger partial charge in [0.25, 0.3) is 0 Å². The second-order valence-electron chi connectivity index (χ2n) is 7.04. The van der Waals surface area contributed by atoms with Crippen LogP contribution in [0.4, 0.5) is 0 Å². The summed E-state index contributed by atoms with van der Waals surface area (Å²) in [5.74, 6) is 1.97. The summed E-state index contributed by atoms with van der Waals surface area (Å²) in [6, 6.07) is 2.34. The zero-order valence-electron chi connectivity index (χ0n) is 12.2. The molecule has 0 bridgehead atoms. The minimum absolute atomic E-state index is 0.737. The van der Waals surface area contributed by atoms with Gasteiger partial charge in [-0.2, -0.15) is 0 Å². The lowest BCUT2D eigenvalue weighted by Gasteiger charge is -2.45. The summed E-state index contributed by atoms with van der Waals surface area (Å²) in [7, 11) is 0. The fourth-order valence-electron chi connectivity index (χ4n) is 4.18. The Morgan fingerprint density at radius 1 is 1.06 bits per heavy atom. The standard InChI is InChI=1S/C16H30N2/c1-12-10-17-16(15-6-4-3-5-7-15)11-18(12)13(2)14-8-9-14/h12-17H,3-11H2,1-2H3. The predicted molar refractivity (Wildman–Crippen MR) is 76.7 cm³/mol. The molecule has 2 heteroatoms. The van der Waals surface area contributed by atoms with Crippen molar-refractivity contribution in [2.75, 3.05) is 13.1 Å². The number of nitrogens with zero attached hydrogens (tertiary/aromatic N) is 1. The van der Waals surface area contributed by atoms with Crippen molar-refractivity contribution in [1.82, 2.24) is 10.2 Å². The van der Waals surface area contributed by atoms with Gasteiger partial charge in [0, 0.05) is 31.2 Å². The van der Waals surface area contributed by atoms with E-state index in [1.54, 1.807) is 0 Å². The predicted octanol–water partition coefficient (Wildman–Crippen LogP) is 3.03. The third-order valence-corrected chi connectivity index (χ3v) is 5.70. The Balaban J connectivity index is 1.59. The summed E-state index contributed by atoms with van der Waals surface area (Å²) in [6.07, 6.45) is 10.3. The molecule has 3 fully saturated rings. The van der Waals surface area contributed by atoms with Crippen LogP contribution in [0.2, 0.25) is 0 Å². The molecule has 0 radical (unpaired) electrons. The van der Waals surface area contributed by atoms with Gasteiger partial charge in [-0.1, -0.05) is 19.3 Å². The molecule has 2 aliphatic carbocycles. The van der Waals surface area contributed by atoms with Gasteiger partial charge in [-0.05, 0) is 51.4 Å². The van der Waals surface area contributed by atoms with Crippen LogP contribution in [0.3, 0.4) is 0 Å². The first-order valence-corrected chi connectivity index (χ1v) is 8.25. The van der Waals surface area contributed by atoms with Gasteiger partial charge in [0.1, 0.15) is 0 Å². The van der Waals surface area contributed by atoms with Gasteiger partial charge >= 0.3 is 0 Å². The molecule has 0 aromatic heterocycles. The minimum atomic E-state index is 0.737. The molecule has 1 N–H and O–H groups in total. The largest absolute Gasteiger partial charge is 0.311 e. The first kappa shape index (κ1) is 12.9. The van der Waals surface area contributed by atoms with Crippen molar-refractivity contribution in [2.24, 2.45) is 11.8 Å². The number of nitrogens with one attached hydrogen (secondary N) is 1. The van der Waals surface area contributed by atoms with E-state index in [0.29, 0.717) is 0 Å². The number of piperazine rings is 1.